The first-order chi connectivity index (χ1) is 18.4. The Morgan fingerprint density at radius 3 is 2.15 bits per heavy atom. The first-order valence-electron chi connectivity index (χ1n) is 12.2. The minimum Gasteiger partial charge on any atom is -0.352 e. The number of nitrogens with zero attached hydrogens (tertiary/aromatic N) is 2. The van der Waals surface area contributed by atoms with E-state index in [1.807, 2.05) is 44.2 Å². The van der Waals surface area contributed by atoms with E-state index in [0.29, 0.717) is 10.6 Å². The van der Waals surface area contributed by atoms with E-state index in [9.17, 15) is 18.0 Å². The van der Waals surface area contributed by atoms with Crippen LogP contribution in [0.15, 0.2) is 72.8 Å². The highest BCUT2D eigenvalue weighted by Gasteiger charge is 2.33. The predicted octanol–water partition coefficient (Wildman–Crippen LogP) is 5.58. The number of nitrogens with one attached hydrogen (secondary N) is 1. The number of amides is 2. The fourth-order valence-electron chi connectivity index (χ4n) is 4.05. The van der Waals surface area contributed by atoms with Crippen molar-refractivity contribution in [2.24, 2.45) is 0 Å². The molecule has 0 aliphatic carbocycles. The van der Waals surface area contributed by atoms with Crippen LogP contribution in [0.5, 0.6) is 0 Å². The first-order valence-corrected chi connectivity index (χ1v) is 15.1. The second kappa shape index (κ2) is 13.5. The van der Waals surface area contributed by atoms with Crippen LogP contribution in [0.25, 0.3) is 0 Å². The molecule has 0 saturated heterocycles. The average Bonchev–Trinajstić information content (AvgIpc) is 2.86. The minimum atomic E-state index is -3.97. The van der Waals surface area contributed by atoms with Gasteiger partial charge in [-0.05, 0) is 49.2 Å². The number of carbonyl (C=O) groups is 2. The Kier molecular flexibility index (Phi) is 10.7. The van der Waals surface area contributed by atoms with Gasteiger partial charge < -0.3 is 10.2 Å². The fourth-order valence-corrected chi connectivity index (χ4v) is 5.56. The molecule has 11 heteroatoms. The number of halogens is 3. The average molecular weight is 611 g/mol. The van der Waals surface area contributed by atoms with Crippen molar-refractivity contribution in [3.8, 4) is 0 Å². The summed E-state index contributed by atoms with van der Waals surface area (Å²) in [5, 5.41) is 3.51. The van der Waals surface area contributed by atoms with Crippen LogP contribution in [0, 0.1) is 0 Å². The van der Waals surface area contributed by atoms with Gasteiger partial charge in [0.05, 0.1) is 22.0 Å². The Labute approximate surface area is 244 Å². The maximum absolute atomic E-state index is 14.0. The summed E-state index contributed by atoms with van der Waals surface area (Å²) in [5.41, 5.74) is 1.58. The summed E-state index contributed by atoms with van der Waals surface area (Å²) in [5.74, 6) is -0.966. The predicted molar refractivity (Wildman–Crippen MR) is 158 cm³/mol. The molecular formula is C28H30Cl3N3O4S. The molecule has 2 amide bonds. The zero-order chi connectivity index (χ0) is 28.7. The van der Waals surface area contributed by atoms with E-state index < -0.39 is 28.5 Å². The molecule has 0 aromatic heterocycles. The third-order valence-electron chi connectivity index (χ3n) is 5.82. The molecule has 0 saturated carbocycles. The third-order valence-corrected chi connectivity index (χ3v) is 7.99. The maximum atomic E-state index is 14.0. The lowest BCUT2D eigenvalue weighted by Gasteiger charge is -2.34. The number of sulfonamides is 1. The van der Waals surface area contributed by atoms with Gasteiger partial charge in [-0.15, -0.1) is 0 Å². The lowest BCUT2D eigenvalue weighted by atomic mass is 10.0. The molecule has 0 aliphatic rings. The first kappa shape index (κ1) is 30.8. The normalized spacial score (nSPS) is 12.2. The van der Waals surface area contributed by atoms with Crippen LogP contribution in [0.3, 0.4) is 0 Å². The maximum Gasteiger partial charge on any atom is 0.244 e. The van der Waals surface area contributed by atoms with Crippen LogP contribution in [-0.2, 0) is 32.6 Å². The SMILES string of the molecule is CC(C)NC(=O)[C@@H](Cc1ccccc1)N(Cc1cccc(Cl)c1)C(=O)CN(c1cccc(Cl)c1Cl)S(C)(=O)=O. The van der Waals surface area contributed by atoms with Crippen LogP contribution in [0.1, 0.15) is 25.0 Å². The molecule has 1 N–H and O–H groups in total. The Balaban J connectivity index is 2.08. The number of benzene rings is 3. The van der Waals surface area contributed by atoms with Gasteiger partial charge >= 0.3 is 0 Å². The van der Waals surface area contributed by atoms with Crippen LogP contribution in [0.4, 0.5) is 5.69 Å². The molecule has 3 aromatic rings. The van der Waals surface area contributed by atoms with E-state index in [2.05, 4.69) is 5.32 Å². The Bertz CT molecular complexity index is 1420. The van der Waals surface area contributed by atoms with Crippen molar-refractivity contribution in [2.75, 3.05) is 17.1 Å². The lowest BCUT2D eigenvalue weighted by molar-refractivity contribution is -0.140. The zero-order valence-corrected chi connectivity index (χ0v) is 24.9. The second-order valence-electron chi connectivity index (χ2n) is 9.36. The van der Waals surface area contributed by atoms with Crippen LogP contribution >= 0.6 is 34.8 Å². The number of hydrogen-bond acceptors (Lipinski definition) is 4. The van der Waals surface area contributed by atoms with E-state index in [-0.39, 0.29) is 40.6 Å². The van der Waals surface area contributed by atoms with Gasteiger partial charge in [0, 0.05) is 24.0 Å². The van der Waals surface area contributed by atoms with Crippen molar-refractivity contribution in [1.29, 1.82) is 0 Å². The molecule has 0 fully saturated rings. The Morgan fingerprint density at radius 2 is 1.54 bits per heavy atom. The van der Waals surface area contributed by atoms with Crippen molar-refractivity contribution in [1.82, 2.24) is 10.2 Å². The number of hydrogen-bond donors (Lipinski definition) is 1. The molecule has 3 aromatic carbocycles. The smallest absolute Gasteiger partial charge is 0.244 e. The Hall–Kier alpha value is -2.78. The van der Waals surface area contributed by atoms with Gasteiger partial charge in [-0.1, -0.05) is 83.3 Å². The highest BCUT2D eigenvalue weighted by atomic mass is 35.5. The molecule has 0 spiro atoms. The molecule has 0 aliphatic heterocycles. The van der Waals surface area contributed by atoms with E-state index in [0.717, 1.165) is 16.1 Å². The second-order valence-corrected chi connectivity index (χ2v) is 12.5. The van der Waals surface area contributed by atoms with Crippen LogP contribution < -0.4 is 9.62 Å². The van der Waals surface area contributed by atoms with Crippen molar-refractivity contribution < 1.29 is 18.0 Å². The molecule has 0 heterocycles. The van der Waals surface area contributed by atoms with Gasteiger partial charge in [0.2, 0.25) is 21.8 Å². The molecule has 0 radical (unpaired) electrons. The molecule has 7 nitrogen and oxygen atoms in total. The van der Waals surface area contributed by atoms with Gasteiger partial charge in [0.25, 0.3) is 0 Å². The van der Waals surface area contributed by atoms with Gasteiger partial charge in [-0.3, -0.25) is 13.9 Å². The van der Waals surface area contributed by atoms with Crippen LogP contribution in [0.2, 0.25) is 15.1 Å². The molecule has 0 bridgehead atoms. The minimum absolute atomic E-state index is 0.00262. The summed E-state index contributed by atoms with van der Waals surface area (Å²) >= 11 is 18.7. The van der Waals surface area contributed by atoms with Crippen molar-refractivity contribution >= 4 is 62.3 Å². The highest BCUT2D eigenvalue weighted by Crippen LogP contribution is 2.34. The van der Waals surface area contributed by atoms with E-state index in [1.165, 1.54) is 17.0 Å². The van der Waals surface area contributed by atoms with Crippen molar-refractivity contribution in [2.45, 2.75) is 38.9 Å². The summed E-state index contributed by atoms with van der Waals surface area (Å²) in [6.07, 6.45) is 1.19. The van der Waals surface area contributed by atoms with Gasteiger partial charge in [0.15, 0.2) is 0 Å². The summed E-state index contributed by atoms with van der Waals surface area (Å²) in [7, 11) is -3.97. The third kappa shape index (κ3) is 8.60. The summed E-state index contributed by atoms with van der Waals surface area (Å²) in [6, 6.07) is 19.6. The summed E-state index contributed by atoms with van der Waals surface area (Å²) in [6.45, 7) is 3.07. The molecule has 0 unspecified atom stereocenters. The standard InChI is InChI=1S/C28H30Cl3N3O4S/c1-19(2)32-28(36)25(16-20-9-5-4-6-10-20)33(17-21-11-7-12-22(29)15-21)26(35)18-34(39(3,37)38)24-14-8-13-23(30)27(24)31/h4-15,19,25H,16-18H2,1-3H3,(H,32,36)/t25-/m1/s1. The number of anilines is 1. The van der Waals surface area contributed by atoms with Gasteiger partial charge in [0.1, 0.15) is 12.6 Å². The highest BCUT2D eigenvalue weighted by molar-refractivity contribution is 7.92. The quantitative estimate of drug-likeness (QED) is 0.307. The Morgan fingerprint density at radius 1 is 0.897 bits per heavy atom. The number of rotatable bonds is 11. The monoisotopic (exact) mass is 609 g/mol. The summed E-state index contributed by atoms with van der Waals surface area (Å²) in [4.78, 5) is 28.9. The molecule has 208 valence electrons. The largest absolute Gasteiger partial charge is 0.352 e. The van der Waals surface area contributed by atoms with E-state index >= 15 is 0 Å². The zero-order valence-electron chi connectivity index (χ0n) is 21.8. The van der Waals surface area contributed by atoms with Gasteiger partial charge in [-0.25, -0.2) is 8.42 Å². The molecule has 1 atom stereocenters. The van der Waals surface area contributed by atoms with E-state index in [4.69, 9.17) is 34.8 Å². The topological polar surface area (TPSA) is 86.8 Å². The summed E-state index contributed by atoms with van der Waals surface area (Å²) < 4.78 is 26.6. The molecule has 39 heavy (non-hydrogen) atoms. The fraction of sp³-hybridized carbons (Fsp3) is 0.286. The number of carbonyl (C=O) groups excluding carboxylic acids is 2. The molecule has 3 rings (SSSR count). The van der Waals surface area contributed by atoms with Crippen molar-refractivity contribution in [3.05, 3.63) is 99.0 Å². The van der Waals surface area contributed by atoms with Gasteiger partial charge in [-0.2, -0.15) is 0 Å². The van der Waals surface area contributed by atoms with E-state index in [1.54, 1.807) is 30.3 Å². The van der Waals surface area contributed by atoms with Crippen molar-refractivity contribution in [3.63, 3.8) is 0 Å². The molecular weight excluding hydrogens is 581 g/mol. The van der Waals surface area contributed by atoms with Crippen LogP contribution in [-0.4, -0.2) is 50.0 Å². The lowest BCUT2D eigenvalue weighted by Crippen LogP contribution is -2.54.